The highest BCUT2D eigenvalue weighted by atomic mass is 16.7. The number of aliphatic hydroxyl groups excluding tert-OH is 3. The molecule has 2 aromatic rings. The number of benzene rings is 1. The van der Waals surface area contributed by atoms with Crippen LogP contribution in [0.25, 0.3) is 10.9 Å². The molecule has 4 N–H and O–H groups in total. The molecule has 0 saturated carbocycles. The number of aryl methyl sites for hydroxylation is 1. The van der Waals surface area contributed by atoms with Crippen LogP contribution < -0.4 is 5.32 Å². The third-order valence-corrected chi connectivity index (χ3v) is 10.9. The Morgan fingerprint density at radius 1 is 1.13 bits per heavy atom. The van der Waals surface area contributed by atoms with Gasteiger partial charge in [-0.2, -0.15) is 0 Å². The predicted molar refractivity (Wildman–Crippen MR) is 202 cm³/mol. The molecule has 4 rings (SSSR count). The summed E-state index contributed by atoms with van der Waals surface area (Å²) in [6, 6.07) is 9.38. The summed E-state index contributed by atoms with van der Waals surface area (Å²) in [6.07, 6.45) is -3.29. The minimum atomic E-state index is -1.31. The standard InChI is InChI=1S/C40H62N4O10/c1-7-34(48)53-32-23-33(47)42-17-11-20-44(19-10-12-27-15-18-41-30-14-9-8-13-29(27)30)24-31(46)25(2)22-28(16-21-45)38(39(32)51-6)54-40-37(50)35(43(4)5)36(49)26(3)52-40/h8-9,13-15,18,21,25-26,28,31-32,35-40,46,49-50H,7,10-12,16-17,19-20,22-24H2,1-6H3,(H,42,47)/t25-,26-,28+,31+,32-,35+,36-,37-,38+,39+,40+/m1/s1. The summed E-state index contributed by atoms with van der Waals surface area (Å²) in [5.41, 5.74) is 2.16. The zero-order chi connectivity index (χ0) is 39.4. The number of methoxy groups -OCH3 is 1. The summed E-state index contributed by atoms with van der Waals surface area (Å²) >= 11 is 0. The zero-order valence-electron chi connectivity index (χ0n) is 32.7. The van der Waals surface area contributed by atoms with Crippen molar-refractivity contribution >= 4 is 29.1 Å². The van der Waals surface area contributed by atoms with Gasteiger partial charge >= 0.3 is 5.97 Å². The van der Waals surface area contributed by atoms with Crippen molar-refractivity contribution in [1.82, 2.24) is 20.1 Å². The number of nitrogens with one attached hydrogen (secondary N) is 1. The van der Waals surface area contributed by atoms with Crippen LogP contribution in [-0.4, -0.2) is 151 Å². The molecule has 14 heteroatoms. The minimum absolute atomic E-state index is 0.00999. The molecule has 0 spiro atoms. The summed E-state index contributed by atoms with van der Waals surface area (Å²) in [4.78, 5) is 46.9. The van der Waals surface area contributed by atoms with Gasteiger partial charge in [0.2, 0.25) is 5.91 Å². The van der Waals surface area contributed by atoms with Crippen LogP contribution in [-0.2, 0) is 39.8 Å². The second-order valence-electron chi connectivity index (χ2n) is 15.1. The number of β-amino-alcohol motifs (C(OH)–C–C–N with tert-alkyl or cyclic N) is 1. The van der Waals surface area contributed by atoms with Gasteiger partial charge in [0.15, 0.2) is 6.29 Å². The molecule has 2 aliphatic heterocycles. The van der Waals surface area contributed by atoms with E-state index in [1.807, 2.05) is 37.4 Å². The van der Waals surface area contributed by atoms with Crippen LogP contribution in [0.1, 0.15) is 64.9 Å². The molecule has 1 amide bonds. The van der Waals surface area contributed by atoms with Crippen LogP contribution in [0.3, 0.4) is 0 Å². The summed E-state index contributed by atoms with van der Waals surface area (Å²) < 4.78 is 24.4. The van der Waals surface area contributed by atoms with Crippen LogP contribution in [0, 0.1) is 11.8 Å². The molecule has 3 heterocycles. The fourth-order valence-electron chi connectivity index (χ4n) is 7.84. The van der Waals surface area contributed by atoms with Gasteiger partial charge in [0.25, 0.3) is 0 Å². The van der Waals surface area contributed by atoms with Crippen molar-refractivity contribution in [2.75, 3.05) is 47.4 Å². The van der Waals surface area contributed by atoms with E-state index >= 15 is 0 Å². The van der Waals surface area contributed by atoms with Gasteiger partial charge in [0, 0.05) is 44.6 Å². The Hall–Kier alpha value is -3.08. The molecule has 2 aliphatic rings. The van der Waals surface area contributed by atoms with Gasteiger partial charge in [-0.05, 0) is 89.3 Å². The summed E-state index contributed by atoms with van der Waals surface area (Å²) in [6.45, 7) is 7.34. The number of ether oxygens (including phenoxy) is 4. The number of carbonyl (C=O) groups excluding carboxylic acids is 3. The van der Waals surface area contributed by atoms with Crippen LogP contribution in [0.4, 0.5) is 0 Å². The number of pyridine rings is 1. The van der Waals surface area contributed by atoms with E-state index in [-0.39, 0.29) is 31.1 Å². The number of aromatic nitrogens is 1. The van der Waals surface area contributed by atoms with Crippen molar-refractivity contribution in [2.45, 2.75) is 121 Å². The number of likely N-dealkylation sites (N-methyl/N-ethyl adjacent to an activating group) is 1. The number of para-hydroxylation sites is 1. The number of amides is 1. The van der Waals surface area contributed by atoms with Crippen molar-refractivity contribution < 1.29 is 48.7 Å². The average molecular weight is 759 g/mol. The number of carbonyl (C=O) groups is 3. The number of fused-ring (bicyclic) bond motifs is 1. The van der Waals surface area contributed by atoms with Gasteiger partial charge in [-0.1, -0.05) is 32.0 Å². The van der Waals surface area contributed by atoms with Crippen LogP contribution >= 0.6 is 0 Å². The predicted octanol–water partition coefficient (Wildman–Crippen LogP) is 2.09. The van der Waals surface area contributed by atoms with Crippen LogP contribution in [0.2, 0.25) is 0 Å². The highest BCUT2D eigenvalue weighted by Gasteiger charge is 2.48. The normalized spacial score (nSPS) is 32.4. The Bertz CT molecular complexity index is 1480. The van der Waals surface area contributed by atoms with Crippen LogP contribution in [0.15, 0.2) is 36.5 Å². The molecule has 11 atom stereocenters. The molecule has 14 nitrogen and oxygen atoms in total. The smallest absolute Gasteiger partial charge is 0.305 e. The lowest BCUT2D eigenvalue weighted by Gasteiger charge is -2.47. The number of esters is 1. The Balaban J connectivity index is 1.63. The Kier molecular flexibility index (Phi) is 17.2. The topological polar surface area (TPSA) is 180 Å². The molecule has 0 bridgehead atoms. The number of hydrogen-bond donors (Lipinski definition) is 4. The highest BCUT2D eigenvalue weighted by molar-refractivity contribution is 5.81. The number of hydrogen-bond acceptors (Lipinski definition) is 13. The first-order valence-corrected chi connectivity index (χ1v) is 19.4. The zero-order valence-corrected chi connectivity index (χ0v) is 32.7. The number of rotatable bonds is 12. The highest BCUT2D eigenvalue weighted by Crippen LogP contribution is 2.34. The molecule has 0 unspecified atom stereocenters. The minimum Gasteiger partial charge on any atom is -0.459 e. The number of nitrogens with zero attached hydrogens (tertiary/aromatic N) is 3. The maximum Gasteiger partial charge on any atom is 0.305 e. The average Bonchev–Trinajstić information content (AvgIpc) is 3.14. The van der Waals surface area contributed by atoms with Crippen molar-refractivity contribution in [3.63, 3.8) is 0 Å². The second-order valence-corrected chi connectivity index (χ2v) is 15.1. The summed E-state index contributed by atoms with van der Waals surface area (Å²) in [5.74, 6) is -1.83. The summed E-state index contributed by atoms with van der Waals surface area (Å²) in [7, 11) is 4.88. The Morgan fingerprint density at radius 2 is 1.89 bits per heavy atom. The van der Waals surface area contributed by atoms with E-state index in [1.165, 1.54) is 12.7 Å². The lowest BCUT2D eigenvalue weighted by atomic mass is 9.82. The lowest BCUT2D eigenvalue weighted by molar-refractivity contribution is -0.309. The Labute approximate surface area is 319 Å². The monoisotopic (exact) mass is 758 g/mol. The molecule has 1 aromatic heterocycles. The van der Waals surface area contributed by atoms with Gasteiger partial charge < -0.3 is 54.2 Å². The maximum absolute atomic E-state index is 13.4. The first-order chi connectivity index (χ1) is 25.9. The van der Waals surface area contributed by atoms with E-state index in [0.29, 0.717) is 39.0 Å². The summed E-state index contributed by atoms with van der Waals surface area (Å²) in [5, 5.41) is 38.1. The second kappa shape index (κ2) is 21.3. The maximum atomic E-state index is 13.4. The fraction of sp³-hybridized carbons (Fsp3) is 0.700. The lowest BCUT2D eigenvalue weighted by Crippen LogP contribution is -2.63. The van der Waals surface area contributed by atoms with Crippen molar-refractivity contribution in [1.29, 1.82) is 0 Å². The van der Waals surface area contributed by atoms with E-state index in [9.17, 15) is 29.7 Å². The third-order valence-electron chi connectivity index (χ3n) is 10.9. The van der Waals surface area contributed by atoms with Crippen molar-refractivity contribution in [2.24, 2.45) is 11.8 Å². The molecular formula is C40H62N4O10. The first-order valence-electron chi connectivity index (χ1n) is 19.4. The molecule has 54 heavy (non-hydrogen) atoms. The van der Waals surface area contributed by atoms with Crippen LogP contribution in [0.5, 0.6) is 0 Å². The van der Waals surface area contributed by atoms with E-state index < -0.39 is 66.9 Å². The number of aldehydes is 1. The Morgan fingerprint density at radius 3 is 2.59 bits per heavy atom. The van der Waals surface area contributed by atoms with Gasteiger partial charge in [0.1, 0.15) is 24.6 Å². The first kappa shape index (κ1) is 43.6. The number of aliphatic hydroxyl groups is 3. The van der Waals surface area contributed by atoms with Gasteiger partial charge in [-0.15, -0.1) is 0 Å². The molecule has 2 fully saturated rings. The van der Waals surface area contributed by atoms with Gasteiger partial charge in [-0.3, -0.25) is 14.6 Å². The molecule has 0 aliphatic carbocycles. The molecule has 1 aromatic carbocycles. The van der Waals surface area contributed by atoms with E-state index in [2.05, 4.69) is 21.3 Å². The molecule has 2 saturated heterocycles. The molecule has 302 valence electrons. The van der Waals surface area contributed by atoms with Crippen molar-refractivity contribution in [3.05, 3.63) is 42.1 Å². The van der Waals surface area contributed by atoms with Gasteiger partial charge in [0.05, 0.1) is 42.4 Å². The van der Waals surface area contributed by atoms with E-state index in [1.54, 1.807) is 32.8 Å². The van der Waals surface area contributed by atoms with E-state index in [4.69, 9.17) is 18.9 Å². The van der Waals surface area contributed by atoms with E-state index in [0.717, 1.165) is 30.0 Å². The molecule has 0 radical (unpaired) electrons. The molecular weight excluding hydrogens is 696 g/mol. The SMILES string of the molecule is CCC(=O)O[C@@H]1CC(=O)NCCCN(CCCc2ccnc3ccccc23)C[C@H](O)[C@H](C)C[C@H](CC=O)[C@H](O[C@@H]2O[C@H](C)[C@@H](O)[C@H](N(C)C)[C@H]2O)[C@H]1OC. The quantitative estimate of drug-likeness (QED) is 0.183. The van der Waals surface area contributed by atoms with Gasteiger partial charge in [-0.25, -0.2) is 0 Å². The largest absolute Gasteiger partial charge is 0.459 e. The third kappa shape index (κ3) is 11.7. The van der Waals surface area contributed by atoms with Crippen molar-refractivity contribution in [3.8, 4) is 0 Å². The fourth-order valence-corrected chi connectivity index (χ4v) is 7.84.